The zero-order valence-corrected chi connectivity index (χ0v) is 22.7. The second-order valence-corrected chi connectivity index (χ2v) is 9.77. The Kier molecular flexibility index (Phi) is 20.6. The second kappa shape index (κ2) is 22.1. The predicted molar refractivity (Wildman–Crippen MR) is 148 cm³/mol. The summed E-state index contributed by atoms with van der Waals surface area (Å²) in [6.45, 7) is 8.29. The van der Waals surface area contributed by atoms with Crippen molar-refractivity contribution >= 4 is 11.9 Å². The third-order valence-corrected chi connectivity index (χ3v) is 5.84. The molecule has 0 aliphatic carbocycles. The van der Waals surface area contributed by atoms with Crippen LogP contribution in [0, 0.1) is 5.92 Å². The standard InChI is InChI=1S/C18H32O2.C13H18O2/c1-2-3-4-5-6-7-8-9-10-11-12-13-14-15-16-17-18(19)20;1-9(2)8-11-4-6-12(7-5-11)10(3)13(14)15/h6-7,9-10H,2-5,8,11-17H2,1H3,(H,19,20);4-7,9-10H,8H2,1-3H3,(H,14,15)/b7-6-,10-9-;. The minimum absolute atomic E-state index is 0.324. The average molecular weight is 487 g/mol. The minimum atomic E-state index is -0.772. The van der Waals surface area contributed by atoms with Crippen molar-refractivity contribution in [3.05, 3.63) is 59.7 Å². The van der Waals surface area contributed by atoms with E-state index in [9.17, 15) is 9.59 Å². The summed E-state index contributed by atoms with van der Waals surface area (Å²) < 4.78 is 0. The molecular formula is C31H50O4. The van der Waals surface area contributed by atoms with Crippen LogP contribution in [0.2, 0.25) is 0 Å². The molecule has 1 rings (SSSR count). The van der Waals surface area contributed by atoms with Gasteiger partial charge in [-0.2, -0.15) is 0 Å². The number of aliphatic carboxylic acids is 2. The number of carboxylic acids is 2. The van der Waals surface area contributed by atoms with Crippen LogP contribution in [-0.4, -0.2) is 22.2 Å². The van der Waals surface area contributed by atoms with Crippen LogP contribution in [0.25, 0.3) is 0 Å². The summed E-state index contributed by atoms with van der Waals surface area (Å²) in [6, 6.07) is 7.87. The van der Waals surface area contributed by atoms with Gasteiger partial charge in [0.2, 0.25) is 0 Å². The van der Waals surface area contributed by atoms with Crippen LogP contribution in [0.1, 0.15) is 122 Å². The smallest absolute Gasteiger partial charge is 0.310 e. The SMILES string of the molecule is CC(C)Cc1ccc(C(C)C(=O)O)cc1.CCCCC/C=C\C/C=C\CCCCCCCC(=O)O. The highest BCUT2D eigenvalue weighted by Gasteiger charge is 2.12. The Morgan fingerprint density at radius 1 is 0.771 bits per heavy atom. The summed E-state index contributed by atoms with van der Waals surface area (Å²) in [5.74, 6) is -1.23. The Morgan fingerprint density at radius 3 is 1.83 bits per heavy atom. The molecule has 0 saturated heterocycles. The van der Waals surface area contributed by atoms with Crippen LogP contribution >= 0.6 is 0 Å². The van der Waals surface area contributed by atoms with Gasteiger partial charge in [0.15, 0.2) is 0 Å². The Bertz CT molecular complexity index is 716. The number of benzene rings is 1. The molecule has 0 spiro atoms. The number of carboxylic acid groups (broad SMARTS) is 2. The van der Waals surface area contributed by atoms with Crippen molar-refractivity contribution in [1.82, 2.24) is 0 Å². The van der Waals surface area contributed by atoms with Crippen molar-refractivity contribution < 1.29 is 19.8 Å². The first kappa shape index (κ1) is 32.6. The van der Waals surface area contributed by atoms with E-state index >= 15 is 0 Å². The van der Waals surface area contributed by atoms with Crippen LogP contribution in [0.3, 0.4) is 0 Å². The lowest BCUT2D eigenvalue weighted by molar-refractivity contribution is -0.138. The van der Waals surface area contributed by atoms with Crippen molar-refractivity contribution in [2.24, 2.45) is 5.92 Å². The monoisotopic (exact) mass is 486 g/mol. The first-order valence-corrected chi connectivity index (χ1v) is 13.6. The lowest BCUT2D eigenvalue weighted by Gasteiger charge is -2.09. The molecule has 198 valence electrons. The van der Waals surface area contributed by atoms with Gasteiger partial charge < -0.3 is 10.2 Å². The fourth-order valence-electron chi connectivity index (χ4n) is 3.64. The molecule has 0 aromatic heterocycles. The van der Waals surface area contributed by atoms with Crippen molar-refractivity contribution in [1.29, 1.82) is 0 Å². The molecule has 1 atom stereocenters. The zero-order chi connectivity index (χ0) is 26.3. The molecule has 1 aromatic carbocycles. The fraction of sp³-hybridized carbons (Fsp3) is 0.613. The molecule has 0 fully saturated rings. The Labute approximate surface area is 214 Å². The number of carbonyl (C=O) groups is 2. The third kappa shape index (κ3) is 20.7. The summed E-state index contributed by atoms with van der Waals surface area (Å²) in [5.41, 5.74) is 2.14. The minimum Gasteiger partial charge on any atom is -0.481 e. The number of hydrogen-bond donors (Lipinski definition) is 2. The number of unbranched alkanes of at least 4 members (excludes halogenated alkanes) is 8. The molecule has 0 saturated carbocycles. The van der Waals surface area contributed by atoms with Gasteiger partial charge in [0, 0.05) is 6.42 Å². The van der Waals surface area contributed by atoms with Crippen LogP contribution in [-0.2, 0) is 16.0 Å². The van der Waals surface area contributed by atoms with Gasteiger partial charge in [-0.1, -0.05) is 101 Å². The molecule has 0 heterocycles. The maximum Gasteiger partial charge on any atom is 0.310 e. The second-order valence-electron chi connectivity index (χ2n) is 9.77. The lowest BCUT2D eigenvalue weighted by atomic mass is 9.97. The molecular weight excluding hydrogens is 436 g/mol. The number of hydrogen-bond acceptors (Lipinski definition) is 2. The molecule has 1 unspecified atom stereocenters. The van der Waals surface area contributed by atoms with E-state index in [0.29, 0.717) is 12.3 Å². The summed E-state index contributed by atoms with van der Waals surface area (Å²) >= 11 is 0. The first-order valence-electron chi connectivity index (χ1n) is 13.6. The fourth-order valence-corrected chi connectivity index (χ4v) is 3.64. The average Bonchev–Trinajstić information content (AvgIpc) is 2.81. The Morgan fingerprint density at radius 2 is 1.31 bits per heavy atom. The molecule has 4 heteroatoms. The van der Waals surface area contributed by atoms with E-state index in [1.807, 2.05) is 24.3 Å². The molecule has 0 bridgehead atoms. The number of rotatable bonds is 18. The van der Waals surface area contributed by atoms with Gasteiger partial charge in [-0.15, -0.1) is 0 Å². The van der Waals surface area contributed by atoms with E-state index in [-0.39, 0.29) is 0 Å². The van der Waals surface area contributed by atoms with Gasteiger partial charge in [0.1, 0.15) is 0 Å². The van der Waals surface area contributed by atoms with Gasteiger partial charge in [-0.25, -0.2) is 0 Å². The first-order chi connectivity index (χ1) is 16.8. The molecule has 1 aromatic rings. The quantitative estimate of drug-likeness (QED) is 0.160. The van der Waals surface area contributed by atoms with E-state index in [2.05, 4.69) is 45.1 Å². The van der Waals surface area contributed by atoms with E-state index in [4.69, 9.17) is 10.2 Å². The van der Waals surface area contributed by atoms with Crippen LogP contribution in [0.4, 0.5) is 0 Å². The van der Waals surface area contributed by atoms with Gasteiger partial charge in [0.05, 0.1) is 5.92 Å². The molecule has 0 amide bonds. The maximum atomic E-state index is 10.8. The van der Waals surface area contributed by atoms with E-state index in [0.717, 1.165) is 37.7 Å². The van der Waals surface area contributed by atoms with Gasteiger partial charge >= 0.3 is 11.9 Å². The zero-order valence-electron chi connectivity index (χ0n) is 22.7. The predicted octanol–water partition coefficient (Wildman–Crippen LogP) is 8.96. The van der Waals surface area contributed by atoms with Gasteiger partial charge in [-0.05, 0) is 68.9 Å². The highest BCUT2D eigenvalue weighted by molar-refractivity contribution is 5.75. The van der Waals surface area contributed by atoms with Crippen LogP contribution < -0.4 is 0 Å². The van der Waals surface area contributed by atoms with E-state index in [1.165, 1.54) is 50.5 Å². The molecule has 0 radical (unpaired) electrons. The summed E-state index contributed by atoms with van der Waals surface area (Å²) in [4.78, 5) is 21.1. The third-order valence-electron chi connectivity index (χ3n) is 5.84. The molecule has 2 N–H and O–H groups in total. The van der Waals surface area contributed by atoms with Crippen molar-refractivity contribution in [2.45, 2.75) is 117 Å². The van der Waals surface area contributed by atoms with Gasteiger partial charge in [-0.3, -0.25) is 9.59 Å². The number of allylic oxidation sites excluding steroid dienone is 4. The summed E-state index contributed by atoms with van der Waals surface area (Å²) in [7, 11) is 0. The van der Waals surface area contributed by atoms with Crippen molar-refractivity contribution in [3.63, 3.8) is 0 Å². The molecule has 35 heavy (non-hydrogen) atoms. The van der Waals surface area contributed by atoms with Crippen LogP contribution in [0.5, 0.6) is 0 Å². The normalized spacial score (nSPS) is 12.1. The molecule has 4 nitrogen and oxygen atoms in total. The molecule has 0 aliphatic rings. The molecule has 0 aliphatic heterocycles. The van der Waals surface area contributed by atoms with Crippen molar-refractivity contribution in [3.8, 4) is 0 Å². The highest BCUT2D eigenvalue weighted by Crippen LogP contribution is 2.17. The summed E-state index contributed by atoms with van der Waals surface area (Å²) in [5, 5.41) is 17.4. The van der Waals surface area contributed by atoms with Crippen LogP contribution in [0.15, 0.2) is 48.6 Å². The van der Waals surface area contributed by atoms with E-state index in [1.54, 1.807) is 6.92 Å². The highest BCUT2D eigenvalue weighted by atomic mass is 16.4. The lowest BCUT2D eigenvalue weighted by Crippen LogP contribution is -2.07. The Balaban J connectivity index is 0.000000686. The summed E-state index contributed by atoms with van der Waals surface area (Å²) in [6.07, 6.45) is 23.3. The van der Waals surface area contributed by atoms with Crippen molar-refractivity contribution in [2.75, 3.05) is 0 Å². The topological polar surface area (TPSA) is 74.6 Å². The van der Waals surface area contributed by atoms with Gasteiger partial charge in [0.25, 0.3) is 0 Å². The van der Waals surface area contributed by atoms with E-state index < -0.39 is 17.9 Å². The Hall–Kier alpha value is -2.36. The largest absolute Gasteiger partial charge is 0.481 e. The maximum absolute atomic E-state index is 10.8.